The topological polar surface area (TPSA) is 67.3 Å². The fourth-order valence-electron chi connectivity index (χ4n) is 2.90. The van der Waals surface area contributed by atoms with E-state index in [1.165, 1.54) is 19.0 Å². The first-order chi connectivity index (χ1) is 11.3. The van der Waals surface area contributed by atoms with Crippen LogP contribution >= 0.6 is 0 Å². The Bertz CT molecular complexity index is 663. The van der Waals surface area contributed by atoms with E-state index in [4.69, 9.17) is 4.74 Å². The Kier molecular flexibility index (Phi) is 4.71. The minimum absolute atomic E-state index is 0.105. The summed E-state index contributed by atoms with van der Waals surface area (Å²) in [6.45, 7) is 0.744. The molecule has 2 amide bonds. The molecule has 3 rings (SSSR count). The van der Waals surface area contributed by atoms with Gasteiger partial charge in [-0.2, -0.15) is 0 Å². The van der Waals surface area contributed by atoms with Crippen molar-refractivity contribution in [2.24, 2.45) is 0 Å². The first-order valence-electron chi connectivity index (χ1n) is 7.76. The summed E-state index contributed by atoms with van der Waals surface area (Å²) in [6.07, 6.45) is 4.50. The summed E-state index contributed by atoms with van der Waals surface area (Å²) in [6, 6.07) is 11.7. The van der Waals surface area contributed by atoms with Crippen LogP contribution in [-0.4, -0.2) is 34.6 Å². The van der Waals surface area contributed by atoms with E-state index in [0.717, 1.165) is 25.8 Å². The van der Waals surface area contributed by atoms with Crippen molar-refractivity contribution in [3.05, 3.63) is 48.3 Å². The second-order valence-corrected chi connectivity index (χ2v) is 5.49. The summed E-state index contributed by atoms with van der Waals surface area (Å²) in [5, 5.41) is 2.84. The van der Waals surface area contributed by atoms with Crippen molar-refractivity contribution in [1.29, 1.82) is 0 Å². The second-order valence-electron chi connectivity index (χ2n) is 5.49. The number of piperidine rings is 1. The van der Waals surface area contributed by atoms with Crippen LogP contribution in [0.5, 0.6) is 5.88 Å². The molecule has 2 aromatic rings. The molecule has 1 atom stereocenters. The van der Waals surface area contributed by atoms with Crippen molar-refractivity contribution < 1.29 is 9.53 Å². The monoisotopic (exact) mass is 312 g/mol. The van der Waals surface area contributed by atoms with Crippen LogP contribution in [0.15, 0.2) is 42.7 Å². The third kappa shape index (κ3) is 3.59. The number of likely N-dealkylation sites (tertiary alicyclic amines) is 1. The molecule has 23 heavy (non-hydrogen) atoms. The molecular weight excluding hydrogens is 292 g/mol. The van der Waals surface area contributed by atoms with Gasteiger partial charge in [0.15, 0.2) is 0 Å². The maximum atomic E-state index is 12.7. The normalized spacial score (nSPS) is 17.6. The SMILES string of the molecule is COc1cc(NC(=O)N2CCCCC2c2ccccc2)ncn1. The van der Waals surface area contributed by atoms with Gasteiger partial charge in [-0.1, -0.05) is 30.3 Å². The highest BCUT2D eigenvalue weighted by molar-refractivity contribution is 5.88. The van der Waals surface area contributed by atoms with Crippen molar-refractivity contribution in [2.75, 3.05) is 19.0 Å². The molecule has 1 unspecified atom stereocenters. The number of nitrogens with zero attached hydrogens (tertiary/aromatic N) is 3. The molecule has 0 bridgehead atoms. The van der Waals surface area contributed by atoms with Gasteiger partial charge in [0.05, 0.1) is 13.2 Å². The van der Waals surface area contributed by atoms with Gasteiger partial charge in [-0.25, -0.2) is 14.8 Å². The zero-order valence-electron chi connectivity index (χ0n) is 13.1. The molecule has 1 aromatic heterocycles. The Hall–Kier alpha value is -2.63. The minimum Gasteiger partial charge on any atom is -0.481 e. The number of nitrogens with one attached hydrogen (secondary N) is 1. The number of benzene rings is 1. The number of rotatable bonds is 3. The zero-order chi connectivity index (χ0) is 16.1. The fourth-order valence-corrected chi connectivity index (χ4v) is 2.90. The van der Waals surface area contributed by atoms with E-state index < -0.39 is 0 Å². The van der Waals surface area contributed by atoms with Crippen LogP contribution in [0.2, 0.25) is 0 Å². The molecular formula is C17H20N4O2. The van der Waals surface area contributed by atoms with Gasteiger partial charge < -0.3 is 9.64 Å². The lowest BCUT2D eigenvalue weighted by atomic mass is 9.96. The van der Waals surface area contributed by atoms with Crippen LogP contribution in [0.25, 0.3) is 0 Å². The predicted octanol–water partition coefficient (Wildman–Crippen LogP) is 3.24. The van der Waals surface area contributed by atoms with Crippen LogP contribution in [0, 0.1) is 0 Å². The lowest BCUT2D eigenvalue weighted by Gasteiger charge is -2.36. The highest BCUT2D eigenvalue weighted by Gasteiger charge is 2.28. The van der Waals surface area contributed by atoms with Crippen LogP contribution in [0.3, 0.4) is 0 Å². The summed E-state index contributed by atoms with van der Waals surface area (Å²) in [4.78, 5) is 22.6. The van der Waals surface area contributed by atoms with Crippen LogP contribution in [0.4, 0.5) is 10.6 Å². The smallest absolute Gasteiger partial charge is 0.323 e. The maximum Gasteiger partial charge on any atom is 0.323 e. The molecule has 0 spiro atoms. The molecule has 0 saturated carbocycles. The second kappa shape index (κ2) is 7.09. The first-order valence-corrected chi connectivity index (χ1v) is 7.76. The van der Waals surface area contributed by atoms with E-state index in [-0.39, 0.29) is 12.1 Å². The van der Waals surface area contributed by atoms with Gasteiger partial charge in [0.2, 0.25) is 5.88 Å². The van der Waals surface area contributed by atoms with Gasteiger partial charge in [-0.15, -0.1) is 0 Å². The van der Waals surface area contributed by atoms with Crippen molar-refractivity contribution >= 4 is 11.8 Å². The van der Waals surface area contributed by atoms with Crippen LogP contribution < -0.4 is 10.1 Å². The molecule has 0 radical (unpaired) electrons. The Morgan fingerprint density at radius 3 is 2.87 bits per heavy atom. The number of hydrogen-bond donors (Lipinski definition) is 1. The highest BCUT2D eigenvalue weighted by Crippen LogP contribution is 2.31. The van der Waals surface area contributed by atoms with Crippen molar-refractivity contribution in [3.8, 4) is 5.88 Å². The Morgan fingerprint density at radius 1 is 1.26 bits per heavy atom. The van der Waals surface area contributed by atoms with Crippen LogP contribution in [-0.2, 0) is 0 Å². The van der Waals surface area contributed by atoms with Gasteiger partial charge >= 0.3 is 6.03 Å². The molecule has 6 heteroatoms. The van der Waals surface area contributed by atoms with E-state index in [9.17, 15) is 4.79 Å². The predicted molar refractivity (Wildman–Crippen MR) is 87.3 cm³/mol. The average Bonchev–Trinajstić information content (AvgIpc) is 2.62. The molecule has 2 heterocycles. The van der Waals surface area contributed by atoms with Crippen LogP contribution in [0.1, 0.15) is 30.9 Å². The maximum absolute atomic E-state index is 12.7. The number of amides is 2. The quantitative estimate of drug-likeness (QED) is 0.944. The molecule has 120 valence electrons. The Labute approximate surface area is 135 Å². The molecule has 1 fully saturated rings. The average molecular weight is 312 g/mol. The van der Waals surface area contributed by atoms with Gasteiger partial charge in [-0.3, -0.25) is 5.32 Å². The van der Waals surface area contributed by atoms with Gasteiger partial charge in [0, 0.05) is 12.6 Å². The summed E-state index contributed by atoms with van der Waals surface area (Å²) < 4.78 is 5.06. The first kappa shape index (κ1) is 15.3. The van der Waals surface area contributed by atoms with Crippen molar-refractivity contribution in [1.82, 2.24) is 14.9 Å². The number of aromatic nitrogens is 2. The molecule has 1 aliphatic rings. The number of hydrogen-bond acceptors (Lipinski definition) is 4. The summed E-state index contributed by atoms with van der Waals surface area (Å²) in [5.41, 5.74) is 1.17. The lowest BCUT2D eigenvalue weighted by molar-refractivity contribution is 0.163. The molecule has 1 aromatic carbocycles. The number of urea groups is 1. The van der Waals surface area contributed by atoms with E-state index in [2.05, 4.69) is 27.4 Å². The molecule has 1 saturated heterocycles. The van der Waals surface area contributed by atoms with E-state index in [0.29, 0.717) is 11.7 Å². The molecule has 0 aliphatic carbocycles. The summed E-state index contributed by atoms with van der Waals surface area (Å²) >= 11 is 0. The fraction of sp³-hybridized carbons (Fsp3) is 0.353. The third-order valence-electron chi connectivity index (χ3n) is 4.03. The lowest BCUT2D eigenvalue weighted by Crippen LogP contribution is -2.41. The largest absolute Gasteiger partial charge is 0.481 e. The van der Waals surface area contributed by atoms with E-state index >= 15 is 0 Å². The molecule has 1 aliphatic heterocycles. The van der Waals surface area contributed by atoms with E-state index in [1.807, 2.05) is 23.1 Å². The highest BCUT2D eigenvalue weighted by atomic mass is 16.5. The minimum atomic E-state index is -0.140. The number of carbonyl (C=O) groups excluding carboxylic acids is 1. The van der Waals surface area contributed by atoms with Gasteiger partial charge in [-0.05, 0) is 24.8 Å². The Morgan fingerprint density at radius 2 is 2.09 bits per heavy atom. The standard InChI is InChI=1S/C17H20N4O2/c1-23-16-11-15(18-12-19-16)20-17(22)21-10-6-5-9-14(21)13-7-3-2-4-8-13/h2-4,7-8,11-12,14H,5-6,9-10H2,1H3,(H,18,19,20,22). The number of anilines is 1. The third-order valence-corrected chi connectivity index (χ3v) is 4.03. The number of methoxy groups -OCH3 is 1. The number of ether oxygens (including phenoxy) is 1. The summed E-state index contributed by atoms with van der Waals surface area (Å²) in [5.74, 6) is 0.868. The Balaban J connectivity index is 1.76. The number of carbonyl (C=O) groups is 1. The van der Waals surface area contributed by atoms with Gasteiger partial charge in [0.25, 0.3) is 0 Å². The van der Waals surface area contributed by atoms with Crippen molar-refractivity contribution in [2.45, 2.75) is 25.3 Å². The van der Waals surface area contributed by atoms with E-state index in [1.54, 1.807) is 6.07 Å². The molecule has 1 N–H and O–H groups in total. The molecule has 6 nitrogen and oxygen atoms in total. The van der Waals surface area contributed by atoms with Gasteiger partial charge in [0.1, 0.15) is 12.1 Å². The zero-order valence-corrected chi connectivity index (χ0v) is 13.1. The summed E-state index contributed by atoms with van der Waals surface area (Å²) in [7, 11) is 1.53. The van der Waals surface area contributed by atoms with Crippen molar-refractivity contribution in [3.63, 3.8) is 0 Å².